The number of nitrogens with one attached hydrogen (secondary N) is 1. The Morgan fingerprint density at radius 2 is 1.80 bits per heavy atom. The maximum atomic E-state index is 13.1. The van der Waals surface area contributed by atoms with E-state index < -0.39 is 6.04 Å². The summed E-state index contributed by atoms with van der Waals surface area (Å²) in [6.07, 6.45) is 3.98. The van der Waals surface area contributed by atoms with E-state index in [-0.39, 0.29) is 17.7 Å². The summed E-state index contributed by atoms with van der Waals surface area (Å²) in [6, 6.07) is 9.84. The Hall–Kier alpha value is -2.26. The van der Waals surface area contributed by atoms with Gasteiger partial charge in [-0.15, -0.1) is 0 Å². The van der Waals surface area contributed by atoms with E-state index in [0.717, 1.165) is 5.75 Å². The van der Waals surface area contributed by atoms with E-state index >= 15 is 0 Å². The van der Waals surface area contributed by atoms with E-state index in [1.165, 1.54) is 6.26 Å². The Balaban J connectivity index is 1.62. The Bertz CT molecular complexity index is 882. The largest absolute Gasteiger partial charge is 0.459 e. The summed E-state index contributed by atoms with van der Waals surface area (Å²) < 4.78 is 5.86. The molecule has 1 unspecified atom stereocenters. The van der Waals surface area contributed by atoms with E-state index in [9.17, 15) is 14.4 Å². The number of carbonyl (C=O) groups is 3. The first-order chi connectivity index (χ1) is 14.5. The molecule has 1 aliphatic heterocycles. The van der Waals surface area contributed by atoms with Crippen LogP contribution in [0.3, 0.4) is 0 Å². The number of piperazine rings is 1. The Labute approximate surface area is 188 Å². The van der Waals surface area contributed by atoms with Gasteiger partial charge in [-0.1, -0.05) is 12.1 Å². The average molecular weight is 494 g/mol. The molecule has 1 aromatic heterocycles. The summed E-state index contributed by atoms with van der Waals surface area (Å²) in [4.78, 5) is 41.7. The highest BCUT2D eigenvalue weighted by Crippen LogP contribution is 2.17. The van der Waals surface area contributed by atoms with Crippen LogP contribution in [0.1, 0.15) is 27.3 Å². The van der Waals surface area contributed by atoms with Gasteiger partial charge in [0.15, 0.2) is 5.76 Å². The van der Waals surface area contributed by atoms with Crippen molar-refractivity contribution in [3.63, 3.8) is 0 Å². The molecule has 30 heavy (non-hydrogen) atoms. The van der Waals surface area contributed by atoms with Gasteiger partial charge in [0.1, 0.15) is 6.04 Å². The van der Waals surface area contributed by atoms with Gasteiger partial charge in [0, 0.05) is 30.7 Å². The summed E-state index contributed by atoms with van der Waals surface area (Å²) in [5.74, 6) is 0.480. The van der Waals surface area contributed by atoms with E-state index in [1.807, 2.05) is 12.3 Å². The quantitative estimate of drug-likeness (QED) is 0.640. The van der Waals surface area contributed by atoms with Gasteiger partial charge in [-0.2, -0.15) is 11.8 Å². The first-order valence-electron chi connectivity index (χ1n) is 9.67. The van der Waals surface area contributed by atoms with Crippen molar-refractivity contribution >= 4 is 45.4 Å². The minimum absolute atomic E-state index is 0.116. The summed E-state index contributed by atoms with van der Waals surface area (Å²) in [5, 5.41) is 2.89. The smallest absolute Gasteiger partial charge is 0.289 e. The van der Waals surface area contributed by atoms with Crippen molar-refractivity contribution in [3.8, 4) is 0 Å². The molecule has 0 saturated carbocycles. The molecular formula is C21H24BrN3O4S. The Morgan fingerprint density at radius 1 is 1.10 bits per heavy atom. The lowest BCUT2D eigenvalue weighted by molar-refractivity contribution is -0.134. The predicted octanol–water partition coefficient (Wildman–Crippen LogP) is 2.88. The number of rotatable bonds is 7. The fourth-order valence-corrected chi connectivity index (χ4v) is 4.22. The SMILES string of the molecule is CSCCC(NC(=O)c1ccccc1Br)C(=O)N1CCN(C(=O)c2ccco2)CC1. The van der Waals surface area contributed by atoms with Gasteiger partial charge in [0.05, 0.1) is 11.8 Å². The molecule has 7 nitrogen and oxygen atoms in total. The number of thioether (sulfide) groups is 1. The molecule has 3 amide bonds. The fraction of sp³-hybridized carbons (Fsp3) is 0.381. The zero-order valence-electron chi connectivity index (χ0n) is 16.7. The van der Waals surface area contributed by atoms with Gasteiger partial charge in [0.25, 0.3) is 11.8 Å². The minimum atomic E-state index is -0.607. The number of hydrogen-bond acceptors (Lipinski definition) is 5. The van der Waals surface area contributed by atoms with Gasteiger partial charge in [0.2, 0.25) is 5.91 Å². The molecule has 1 aromatic carbocycles. The molecule has 3 rings (SSSR count). The van der Waals surface area contributed by atoms with Crippen molar-refractivity contribution < 1.29 is 18.8 Å². The fourth-order valence-electron chi connectivity index (χ4n) is 3.28. The molecule has 160 valence electrons. The van der Waals surface area contributed by atoms with Crippen LogP contribution in [0.25, 0.3) is 0 Å². The molecule has 0 aliphatic carbocycles. The molecule has 2 aromatic rings. The van der Waals surface area contributed by atoms with E-state index in [2.05, 4.69) is 21.2 Å². The maximum Gasteiger partial charge on any atom is 0.289 e. The van der Waals surface area contributed by atoms with Crippen LogP contribution in [0.15, 0.2) is 51.6 Å². The third-order valence-electron chi connectivity index (χ3n) is 4.94. The van der Waals surface area contributed by atoms with Crippen molar-refractivity contribution in [2.45, 2.75) is 12.5 Å². The Kier molecular flexibility index (Phi) is 7.98. The number of halogens is 1. The zero-order valence-corrected chi connectivity index (χ0v) is 19.1. The summed E-state index contributed by atoms with van der Waals surface area (Å²) in [5.41, 5.74) is 0.494. The van der Waals surface area contributed by atoms with Crippen LogP contribution in [-0.4, -0.2) is 71.8 Å². The molecule has 0 radical (unpaired) electrons. The van der Waals surface area contributed by atoms with Crippen molar-refractivity contribution in [2.24, 2.45) is 0 Å². The van der Waals surface area contributed by atoms with Crippen LogP contribution in [0.4, 0.5) is 0 Å². The van der Waals surface area contributed by atoms with Gasteiger partial charge in [-0.3, -0.25) is 14.4 Å². The second kappa shape index (κ2) is 10.7. The lowest BCUT2D eigenvalue weighted by Crippen LogP contribution is -2.56. The first-order valence-corrected chi connectivity index (χ1v) is 11.9. The standard InChI is InChI=1S/C21H24BrN3O4S/c1-30-14-8-17(23-19(26)15-5-2-3-6-16(15)22)20(27)24-9-11-25(12-10-24)21(28)18-7-4-13-29-18/h2-7,13,17H,8-12,14H2,1H3,(H,23,26). The molecule has 1 N–H and O–H groups in total. The number of nitrogens with zero attached hydrogens (tertiary/aromatic N) is 2. The van der Waals surface area contributed by atoms with Crippen LogP contribution < -0.4 is 5.32 Å². The predicted molar refractivity (Wildman–Crippen MR) is 120 cm³/mol. The molecule has 1 aliphatic rings. The lowest BCUT2D eigenvalue weighted by Gasteiger charge is -2.36. The number of furan rings is 1. The van der Waals surface area contributed by atoms with Gasteiger partial charge < -0.3 is 19.5 Å². The van der Waals surface area contributed by atoms with Crippen molar-refractivity contribution in [2.75, 3.05) is 38.2 Å². The number of carbonyl (C=O) groups excluding carboxylic acids is 3. The average Bonchev–Trinajstić information content (AvgIpc) is 3.31. The monoisotopic (exact) mass is 493 g/mol. The van der Waals surface area contributed by atoms with Crippen LogP contribution in [0.5, 0.6) is 0 Å². The second-order valence-electron chi connectivity index (χ2n) is 6.88. The minimum Gasteiger partial charge on any atom is -0.459 e. The van der Waals surface area contributed by atoms with Crippen LogP contribution >= 0.6 is 27.7 Å². The second-order valence-corrected chi connectivity index (χ2v) is 8.72. The van der Waals surface area contributed by atoms with E-state index in [1.54, 1.807) is 51.9 Å². The molecule has 1 saturated heterocycles. The molecule has 0 bridgehead atoms. The highest BCUT2D eigenvalue weighted by Gasteiger charge is 2.31. The molecule has 1 fully saturated rings. The molecule has 2 heterocycles. The lowest BCUT2D eigenvalue weighted by atomic mass is 10.1. The van der Waals surface area contributed by atoms with Crippen LogP contribution in [-0.2, 0) is 4.79 Å². The molecule has 9 heteroatoms. The number of hydrogen-bond donors (Lipinski definition) is 1. The van der Waals surface area contributed by atoms with E-state index in [4.69, 9.17) is 4.42 Å². The van der Waals surface area contributed by atoms with Crippen molar-refractivity contribution in [1.82, 2.24) is 15.1 Å². The van der Waals surface area contributed by atoms with Gasteiger partial charge >= 0.3 is 0 Å². The maximum absolute atomic E-state index is 13.1. The molecular weight excluding hydrogens is 470 g/mol. The summed E-state index contributed by atoms with van der Waals surface area (Å²) in [6.45, 7) is 1.70. The van der Waals surface area contributed by atoms with E-state index in [0.29, 0.717) is 48.4 Å². The zero-order chi connectivity index (χ0) is 21.5. The highest BCUT2D eigenvalue weighted by atomic mass is 79.9. The number of amides is 3. The molecule has 1 atom stereocenters. The third-order valence-corrected chi connectivity index (χ3v) is 6.28. The van der Waals surface area contributed by atoms with Gasteiger partial charge in [-0.25, -0.2) is 0 Å². The summed E-state index contributed by atoms with van der Waals surface area (Å²) >= 11 is 5.01. The third kappa shape index (κ3) is 5.46. The molecule has 0 spiro atoms. The summed E-state index contributed by atoms with van der Waals surface area (Å²) in [7, 11) is 0. The Morgan fingerprint density at radius 3 is 2.43 bits per heavy atom. The highest BCUT2D eigenvalue weighted by molar-refractivity contribution is 9.10. The van der Waals surface area contributed by atoms with Gasteiger partial charge in [-0.05, 0) is 58.6 Å². The number of benzene rings is 1. The van der Waals surface area contributed by atoms with Crippen molar-refractivity contribution in [3.05, 3.63) is 58.5 Å². The topological polar surface area (TPSA) is 82.9 Å². The van der Waals surface area contributed by atoms with Crippen LogP contribution in [0, 0.1) is 0 Å². The van der Waals surface area contributed by atoms with Crippen molar-refractivity contribution in [1.29, 1.82) is 0 Å². The normalized spacial score (nSPS) is 15.0. The van der Waals surface area contributed by atoms with Crippen LogP contribution in [0.2, 0.25) is 0 Å². The first kappa shape index (κ1) is 22.4.